The number of carbonyl (C=O) groups excluding carboxylic acids is 2. The lowest BCUT2D eigenvalue weighted by molar-refractivity contribution is -0.122. The molecule has 2 amide bonds. The third-order valence-corrected chi connectivity index (χ3v) is 3.83. The van der Waals surface area contributed by atoms with Crippen LogP contribution >= 0.6 is 11.3 Å². The van der Waals surface area contributed by atoms with Gasteiger partial charge in [-0.1, -0.05) is 19.9 Å². The minimum absolute atomic E-state index is 0.0570. The summed E-state index contributed by atoms with van der Waals surface area (Å²) in [4.78, 5) is 24.0. The Hall–Kier alpha value is -1.40. The number of rotatable bonds is 8. The fourth-order valence-electron chi connectivity index (χ4n) is 1.65. The highest BCUT2D eigenvalue weighted by molar-refractivity contribution is 7.12. The number of amides is 2. The highest BCUT2D eigenvalue weighted by atomic mass is 32.1. The van der Waals surface area contributed by atoms with E-state index in [1.165, 1.54) is 11.3 Å². The Morgan fingerprint density at radius 1 is 1.40 bits per heavy atom. The van der Waals surface area contributed by atoms with Crippen LogP contribution in [0.25, 0.3) is 0 Å². The monoisotopic (exact) mass is 298 g/mol. The van der Waals surface area contributed by atoms with E-state index in [0.717, 1.165) is 0 Å². The summed E-state index contributed by atoms with van der Waals surface area (Å²) < 4.78 is 0. The van der Waals surface area contributed by atoms with Gasteiger partial charge >= 0.3 is 0 Å². The molecule has 1 atom stereocenters. The summed E-state index contributed by atoms with van der Waals surface area (Å²) >= 11 is 1.39. The maximum absolute atomic E-state index is 11.7. The van der Waals surface area contributed by atoms with Gasteiger partial charge < -0.3 is 15.7 Å². The van der Waals surface area contributed by atoms with Crippen molar-refractivity contribution in [1.29, 1.82) is 0 Å². The third kappa shape index (κ3) is 5.71. The molecule has 0 aliphatic carbocycles. The fourth-order valence-corrected chi connectivity index (χ4v) is 2.29. The number of hydrogen-bond acceptors (Lipinski definition) is 4. The van der Waals surface area contributed by atoms with Crippen LogP contribution in [0.15, 0.2) is 17.5 Å². The molecule has 0 aromatic carbocycles. The second kappa shape index (κ2) is 8.71. The molecular formula is C14H22N2O3S. The fraction of sp³-hybridized carbons (Fsp3) is 0.571. The van der Waals surface area contributed by atoms with Gasteiger partial charge in [0.25, 0.3) is 5.91 Å². The quantitative estimate of drug-likeness (QED) is 0.635. The molecule has 0 saturated heterocycles. The molecule has 112 valence electrons. The molecule has 0 bridgehead atoms. The molecule has 1 heterocycles. The molecule has 1 rings (SSSR count). The van der Waals surface area contributed by atoms with E-state index >= 15 is 0 Å². The highest BCUT2D eigenvalue weighted by Gasteiger charge is 2.14. The van der Waals surface area contributed by atoms with Crippen molar-refractivity contribution in [3.8, 4) is 0 Å². The van der Waals surface area contributed by atoms with Gasteiger partial charge in [-0.3, -0.25) is 9.59 Å². The zero-order valence-corrected chi connectivity index (χ0v) is 12.7. The smallest absolute Gasteiger partial charge is 0.261 e. The average molecular weight is 298 g/mol. The molecule has 3 N–H and O–H groups in total. The Labute approximate surface area is 123 Å². The van der Waals surface area contributed by atoms with Gasteiger partial charge in [-0.2, -0.15) is 0 Å². The summed E-state index contributed by atoms with van der Waals surface area (Å²) in [5.74, 6) is 0.00132. The molecule has 5 nitrogen and oxygen atoms in total. The standard InChI is InChI=1S/C14H22N2O3S/c1-10(2)11(9-17)16-13(18)6-3-7-15-14(19)12-5-4-8-20-12/h4-5,8,10-11,17H,3,6-7,9H2,1-2H3,(H,15,19)(H,16,18)/t11-/m1/s1. The SMILES string of the molecule is CC(C)[C@@H](CO)NC(=O)CCCNC(=O)c1cccs1. The van der Waals surface area contributed by atoms with Crippen LogP contribution < -0.4 is 10.6 Å². The molecule has 0 radical (unpaired) electrons. The Balaban J connectivity index is 2.17. The minimum Gasteiger partial charge on any atom is -0.394 e. The van der Waals surface area contributed by atoms with Crippen molar-refractivity contribution < 1.29 is 14.7 Å². The number of aliphatic hydroxyl groups excluding tert-OH is 1. The van der Waals surface area contributed by atoms with Crippen LogP contribution in [0.3, 0.4) is 0 Å². The van der Waals surface area contributed by atoms with Crippen LogP contribution in [-0.4, -0.2) is 36.1 Å². The summed E-state index contributed by atoms with van der Waals surface area (Å²) in [6, 6.07) is 3.39. The van der Waals surface area contributed by atoms with Crippen LogP contribution in [0.1, 0.15) is 36.4 Å². The maximum Gasteiger partial charge on any atom is 0.261 e. The first-order valence-corrected chi connectivity index (χ1v) is 7.64. The molecule has 1 aromatic rings. The van der Waals surface area contributed by atoms with E-state index in [-0.39, 0.29) is 30.4 Å². The normalized spacial score (nSPS) is 12.2. The van der Waals surface area contributed by atoms with Crippen molar-refractivity contribution in [2.45, 2.75) is 32.7 Å². The van der Waals surface area contributed by atoms with Crippen molar-refractivity contribution in [3.63, 3.8) is 0 Å². The zero-order valence-electron chi connectivity index (χ0n) is 11.9. The van der Waals surface area contributed by atoms with E-state index in [1.807, 2.05) is 25.3 Å². The molecule has 1 aromatic heterocycles. The summed E-state index contributed by atoms with van der Waals surface area (Å²) in [6.07, 6.45) is 0.924. The highest BCUT2D eigenvalue weighted by Crippen LogP contribution is 2.07. The summed E-state index contributed by atoms with van der Waals surface area (Å²) in [5, 5.41) is 16.5. The number of aliphatic hydroxyl groups is 1. The number of thiophene rings is 1. The van der Waals surface area contributed by atoms with E-state index < -0.39 is 0 Å². The number of hydrogen-bond donors (Lipinski definition) is 3. The molecule has 0 unspecified atom stereocenters. The van der Waals surface area contributed by atoms with E-state index in [2.05, 4.69) is 10.6 Å². The summed E-state index contributed by atoms with van der Waals surface area (Å²) in [5.41, 5.74) is 0. The van der Waals surface area contributed by atoms with Crippen molar-refractivity contribution in [2.24, 2.45) is 5.92 Å². The van der Waals surface area contributed by atoms with Crippen LogP contribution in [0.2, 0.25) is 0 Å². The van der Waals surface area contributed by atoms with Gasteiger partial charge in [0.1, 0.15) is 0 Å². The minimum atomic E-state index is -0.205. The molecule has 20 heavy (non-hydrogen) atoms. The van der Waals surface area contributed by atoms with Crippen molar-refractivity contribution >= 4 is 23.2 Å². The van der Waals surface area contributed by atoms with E-state index in [4.69, 9.17) is 5.11 Å². The molecule has 0 aliphatic rings. The molecule has 0 spiro atoms. The summed E-state index contributed by atoms with van der Waals surface area (Å²) in [6.45, 7) is 4.30. The van der Waals surface area contributed by atoms with Gasteiger partial charge in [-0.15, -0.1) is 11.3 Å². The molecule has 0 fully saturated rings. The first-order valence-electron chi connectivity index (χ1n) is 6.76. The second-order valence-electron chi connectivity index (χ2n) is 4.94. The molecular weight excluding hydrogens is 276 g/mol. The van der Waals surface area contributed by atoms with Crippen LogP contribution in [0.5, 0.6) is 0 Å². The number of carbonyl (C=O) groups is 2. The Morgan fingerprint density at radius 2 is 2.15 bits per heavy atom. The van der Waals surface area contributed by atoms with Gasteiger partial charge in [-0.25, -0.2) is 0 Å². The number of nitrogens with one attached hydrogen (secondary N) is 2. The largest absolute Gasteiger partial charge is 0.394 e. The predicted molar refractivity (Wildman–Crippen MR) is 79.7 cm³/mol. The van der Waals surface area contributed by atoms with Crippen molar-refractivity contribution in [3.05, 3.63) is 22.4 Å². The molecule has 0 aliphatic heterocycles. The molecule has 6 heteroatoms. The lowest BCUT2D eigenvalue weighted by Gasteiger charge is -2.19. The van der Waals surface area contributed by atoms with Gasteiger partial charge in [0, 0.05) is 13.0 Å². The summed E-state index contributed by atoms with van der Waals surface area (Å²) in [7, 11) is 0. The van der Waals surface area contributed by atoms with E-state index in [1.54, 1.807) is 6.07 Å². The van der Waals surface area contributed by atoms with Crippen molar-refractivity contribution in [1.82, 2.24) is 10.6 Å². The predicted octanol–water partition coefficient (Wildman–Crippen LogP) is 1.39. The van der Waals surface area contributed by atoms with Gasteiger partial charge in [0.15, 0.2) is 0 Å². The second-order valence-corrected chi connectivity index (χ2v) is 5.89. The topological polar surface area (TPSA) is 78.4 Å². The third-order valence-electron chi connectivity index (χ3n) is 2.96. The lowest BCUT2D eigenvalue weighted by atomic mass is 10.1. The zero-order chi connectivity index (χ0) is 15.0. The van der Waals surface area contributed by atoms with E-state index in [9.17, 15) is 9.59 Å². The van der Waals surface area contributed by atoms with Crippen molar-refractivity contribution in [2.75, 3.05) is 13.2 Å². The molecule has 0 saturated carbocycles. The maximum atomic E-state index is 11.7. The van der Waals surface area contributed by atoms with Gasteiger partial charge in [0.05, 0.1) is 17.5 Å². The van der Waals surface area contributed by atoms with Crippen LogP contribution in [0.4, 0.5) is 0 Å². The van der Waals surface area contributed by atoms with Gasteiger partial charge in [0.2, 0.25) is 5.91 Å². The Kier molecular flexibility index (Phi) is 7.25. The first kappa shape index (κ1) is 16.7. The lowest BCUT2D eigenvalue weighted by Crippen LogP contribution is -2.41. The van der Waals surface area contributed by atoms with Crippen LogP contribution in [-0.2, 0) is 4.79 Å². The first-order chi connectivity index (χ1) is 9.54. The van der Waals surface area contributed by atoms with E-state index in [0.29, 0.717) is 24.3 Å². The Bertz CT molecular complexity index is 418. The van der Waals surface area contributed by atoms with Crippen LogP contribution in [0, 0.1) is 5.92 Å². The average Bonchev–Trinajstić information content (AvgIpc) is 2.94. The Morgan fingerprint density at radius 3 is 2.70 bits per heavy atom. The van der Waals surface area contributed by atoms with Gasteiger partial charge in [-0.05, 0) is 23.8 Å².